The third-order valence-corrected chi connectivity index (χ3v) is 7.12. The van der Waals surface area contributed by atoms with Crippen molar-refractivity contribution in [3.8, 4) is 0 Å². The van der Waals surface area contributed by atoms with E-state index in [2.05, 4.69) is 35.4 Å². The summed E-state index contributed by atoms with van der Waals surface area (Å²) in [6.07, 6.45) is -0.494. The first-order valence-electron chi connectivity index (χ1n) is 11.6. The van der Waals surface area contributed by atoms with E-state index >= 15 is 0 Å². The fourth-order valence-corrected chi connectivity index (χ4v) is 4.73. The number of anilines is 1. The monoisotopic (exact) mass is 504 g/mol. The lowest BCUT2D eigenvalue weighted by atomic mass is 10.0. The first-order valence-corrected chi connectivity index (χ1v) is 13.1. The third-order valence-electron chi connectivity index (χ3n) is 6.07. The standard InChI is InChI=1S/C23H35F3N4O3S/c1-4-8-18(3)29-15-11-21(12-16-29)30(14-7-13-27-34(32,33)5-2)22(31)28-20-10-6-9-19(17-20)23(24,25)26/h5-6,9-10,17-18,21,27H,2,4,7-8,11-16H2,1,3H3,(H,28,31). The SMILES string of the molecule is C=CS(=O)(=O)NCCCN(C(=O)Nc1cccc(C(F)(F)F)c1)C1CCN(C(C)CCC)CC1. The minimum Gasteiger partial charge on any atom is -0.321 e. The summed E-state index contributed by atoms with van der Waals surface area (Å²) in [5.74, 6) is 0. The topological polar surface area (TPSA) is 81.8 Å². The summed E-state index contributed by atoms with van der Waals surface area (Å²) in [7, 11) is -3.57. The molecule has 1 saturated heterocycles. The number of piperidine rings is 1. The van der Waals surface area contributed by atoms with Gasteiger partial charge in [0.25, 0.3) is 0 Å². The molecule has 34 heavy (non-hydrogen) atoms. The van der Waals surface area contributed by atoms with Crippen molar-refractivity contribution >= 4 is 21.7 Å². The average Bonchev–Trinajstić information content (AvgIpc) is 2.79. The van der Waals surface area contributed by atoms with Crippen molar-refractivity contribution in [3.05, 3.63) is 41.8 Å². The van der Waals surface area contributed by atoms with E-state index in [-0.39, 0.29) is 24.8 Å². The van der Waals surface area contributed by atoms with E-state index in [9.17, 15) is 26.4 Å². The van der Waals surface area contributed by atoms with E-state index in [0.717, 1.165) is 56.3 Å². The number of nitrogens with one attached hydrogen (secondary N) is 2. The molecule has 1 aliphatic rings. The van der Waals surface area contributed by atoms with E-state index < -0.39 is 27.8 Å². The number of hydrogen-bond acceptors (Lipinski definition) is 4. The number of halogens is 3. The van der Waals surface area contributed by atoms with Crippen molar-refractivity contribution < 1.29 is 26.4 Å². The van der Waals surface area contributed by atoms with Crippen LogP contribution in [0.1, 0.15) is 51.5 Å². The molecule has 0 radical (unpaired) electrons. The molecule has 0 aromatic heterocycles. The second kappa shape index (κ2) is 12.6. The molecule has 1 fully saturated rings. The van der Waals surface area contributed by atoms with Crippen LogP contribution in [0.25, 0.3) is 0 Å². The van der Waals surface area contributed by atoms with Crippen molar-refractivity contribution in [2.45, 2.75) is 64.2 Å². The van der Waals surface area contributed by atoms with Crippen LogP contribution in [0.2, 0.25) is 0 Å². The summed E-state index contributed by atoms with van der Waals surface area (Å²) in [6, 6.07) is 4.39. The molecule has 0 spiro atoms. The molecule has 1 unspecified atom stereocenters. The van der Waals surface area contributed by atoms with Crippen LogP contribution in [0.15, 0.2) is 36.3 Å². The van der Waals surface area contributed by atoms with Gasteiger partial charge < -0.3 is 15.1 Å². The van der Waals surface area contributed by atoms with Gasteiger partial charge in [-0.25, -0.2) is 17.9 Å². The van der Waals surface area contributed by atoms with Gasteiger partial charge in [-0.1, -0.05) is 26.0 Å². The van der Waals surface area contributed by atoms with Crippen LogP contribution in [0, 0.1) is 0 Å². The Morgan fingerprint density at radius 2 is 2.00 bits per heavy atom. The van der Waals surface area contributed by atoms with E-state index in [1.807, 2.05) is 0 Å². The summed E-state index contributed by atoms with van der Waals surface area (Å²) < 4.78 is 64.7. The smallest absolute Gasteiger partial charge is 0.321 e. The number of benzene rings is 1. The summed E-state index contributed by atoms with van der Waals surface area (Å²) in [5, 5.41) is 3.41. The Bertz CT molecular complexity index is 916. The molecule has 2 amide bonds. The van der Waals surface area contributed by atoms with Crippen molar-refractivity contribution in [1.82, 2.24) is 14.5 Å². The number of sulfonamides is 1. The van der Waals surface area contributed by atoms with Gasteiger partial charge in [-0.3, -0.25) is 0 Å². The number of urea groups is 1. The number of nitrogens with zero attached hydrogens (tertiary/aromatic N) is 2. The summed E-state index contributed by atoms with van der Waals surface area (Å²) in [6.45, 7) is 9.60. The molecule has 192 valence electrons. The van der Waals surface area contributed by atoms with Crippen LogP contribution < -0.4 is 10.0 Å². The lowest BCUT2D eigenvalue weighted by Gasteiger charge is -2.40. The number of amides is 2. The molecule has 2 rings (SSSR count). The molecule has 11 heteroatoms. The summed E-state index contributed by atoms with van der Waals surface area (Å²) in [4.78, 5) is 17.1. The number of carbonyl (C=O) groups is 1. The van der Waals surface area contributed by atoms with Gasteiger partial charge in [0.2, 0.25) is 10.0 Å². The molecule has 1 aliphatic heterocycles. The Labute approximate surface area is 200 Å². The Kier molecular flexibility index (Phi) is 10.4. The van der Waals surface area contributed by atoms with Crippen LogP contribution in [-0.2, 0) is 16.2 Å². The molecule has 7 nitrogen and oxygen atoms in total. The predicted molar refractivity (Wildman–Crippen MR) is 128 cm³/mol. The lowest BCUT2D eigenvalue weighted by molar-refractivity contribution is -0.137. The quantitative estimate of drug-likeness (QED) is 0.430. The fourth-order valence-electron chi connectivity index (χ4n) is 4.18. The minimum atomic E-state index is -4.51. The molecule has 2 N–H and O–H groups in total. The fraction of sp³-hybridized carbons (Fsp3) is 0.609. The second-order valence-electron chi connectivity index (χ2n) is 8.57. The highest BCUT2D eigenvalue weighted by molar-refractivity contribution is 7.92. The Hall–Kier alpha value is -2.11. The number of likely N-dealkylation sites (tertiary alicyclic amines) is 1. The number of alkyl halides is 3. The van der Waals surface area contributed by atoms with Crippen LogP contribution in [-0.4, -0.2) is 62.5 Å². The summed E-state index contributed by atoms with van der Waals surface area (Å²) in [5.41, 5.74) is -0.778. The van der Waals surface area contributed by atoms with Gasteiger partial charge in [-0.15, -0.1) is 0 Å². The van der Waals surface area contributed by atoms with Crippen molar-refractivity contribution in [3.63, 3.8) is 0 Å². The first kappa shape index (κ1) is 28.1. The number of hydrogen-bond donors (Lipinski definition) is 2. The highest BCUT2D eigenvalue weighted by Crippen LogP contribution is 2.31. The maximum atomic E-state index is 13.1. The van der Waals surface area contributed by atoms with Gasteiger partial charge in [0.1, 0.15) is 0 Å². The Morgan fingerprint density at radius 3 is 2.59 bits per heavy atom. The molecular formula is C23H35F3N4O3S. The molecule has 1 aromatic rings. The van der Waals surface area contributed by atoms with Gasteiger partial charge in [0, 0.05) is 49.4 Å². The van der Waals surface area contributed by atoms with E-state index in [0.29, 0.717) is 12.5 Å². The van der Waals surface area contributed by atoms with Crippen LogP contribution in [0.5, 0.6) is 0 Å². The van der Waals surface area contributed by atoms with Crippen LogP contribution in [0.4, 0.5) is 23.7 Å². The molecule has 0 bridgehead atoms. The average molecular weight is 505 g/mol. The lowest BCUT2D eigenvalue weighted by Crippen LogP contribution is -2.51. The van der Waals surface area contributed by atoms with Gasteiger partial charge in [-0.05, 0) is 50.8 Å². The largest absolute Gasteiger partial charge is 0.416 e. The van der Waals surface area contributed by atoms with Gasteiger partial charge >= 0.3 is 12.2 Å². The van der Waals surface area contributed by atoms with E-state index in [1.165, 1.54) is 12.1 Å². The zero-order valence-corrected chi connectivity index (χ0v) is 20.6. The van der Waals surface area contributed by atoms with Gasteiger partial charge in [-0.2, -0.15) is 13.2 Å². The Balaban J connectivity index is 2.08. The molecule has 1 aromatic carbocycles. The highest BCUT2D eigenvalue weighted by Gasteiger charge is 2.32. The Morgan fingerprint density at radius 1 is 1.32 bits per heavy atom. The van der Waals surface area contributed by atoms with Crippen molar-refractivity contribution in [2.75, 3.05) is 31.5 Å². The molecule has 1 heterocycles. The third kappa shape index (κ3) is 8.59. The highest BCUT2D eigenvalue weighted by atomic mass is 32.2. The second-order valence-corrected chi connectivity index (χ2v) is 10.3. The maximum Gasteiger partial charge on any atom is 0.416 e. The predicted octanol–water partition coefficient (Wildman–Crippen LogP) is 4.65. The first-order chi connectivity index (χ1) is 16.0. The number of rotatable bonds is 11. The zero-order valence-electron chi connectivity index (χ0n) is 19.8. The van der Waals surface area contributed by atoms with Gasteiger partial charge in [0.15, 0.2) is 0 Å². The molecule has 1 atom stereocenters. The zero-order chi connectivity index (χ0) is 25.4. The maximum absolute atomic E-state index is 13.1. The van der Waals surface area contributed by atoms with Crippen LogP contribution >= 0.6 is 0 Å². The molecule has 0 aliphatic carbocycles. The molecular weight excluding hydrogens is 469 g/mol. The minimum absolute atomic E-state index is 0.0613. The van der Waals surface area contributed by atoms with Gasteiger partial charge in [0.05, 0.1) is 5.56 Å². The normalized spacial score (nSPS) is 16.7. The number of carbonyl (C=O) groups excluding carboxylic acids is 1. The van der Waals surface area contributed by atoms with E-state index in [1.54, 1.807) is 4.90 Å². The van der Waals surface area contributed by atoms with Crippen molar-refractivity contribution in [2.24, 2.45) is 0 Å². The van der Waals surface area contributed by atoms with E-state index in [4.69, 9.17) is 0 Å². The van der Waals surface area contributed by atoms with Crippen LogP contribution in [0.3, 0.4) is 0 Å². The molecule has 0 saturated carbocycles. The van der Waals surface area contributed by atoms with Crippen molar-refractivity contribution in [1.29, 1.82) is 0 Å². The summed E-state index contributed by atoms with van der Waals surface area (Å²) >= 11 is 0.